The predicted octanol–water partition coefficient (Wildman–Crippen LogP) is 1.80. The molecule has 0 N–H and O–H groups in total. The first-order valence-electron chi connectivity index (χ1n) is 4.04. The van der Waals surface area contributed by atoms with E-state index < -0.39 is 0 Å². The molecule has 0 aromatic rings. The largest absolute Gasteiger partial charge is 0.447 e. The number of likely N-dealkylation sites (N-methyl/N-ethyl adjacent to an activating group) is 1. The minimum Gasteiger partial charge on any atom is -0.447 e. The molecule has 0 bridgehead atoms. The fourth-order valence-electron chi connectivity index (χ4n) is 1.12. The van der Waals surface area contributed by atoms with Crippen molar-refractivity contribution in [1.82, 2.24) is 4.90 Å². The number of allylic oxidation sites excluding steroid dienone is 2. The van der Waals surface area contributed by atoms with Crippen LogP contribution in [0, 0.1) is 12.2 Å². The Labute approximate surface area is 106 Å². The van der Waals surface area contributed by atoms with Gasteiger partial charge in [-0.1, -0.05) is 0 Å². The average molecular weight is 251 g/mol. The molecule has 0 amide bonds. The number of hydrogen-bond acceptors (Lipinski definition) is 2. The maximum atomic E-state index is 4.25. The maximum Gasteiger partial charge on any atom is 0.0796 e. The summed E-state index contributed by atoms with van der Waals surface area (Å²) in [6.07, 6.45) is 6.31. The molecule has 2 nitrogen and oxygen atoms in total. The smallest absolute Gasteiger partial charge is 0.0796 e. The van der Waals surface area contributed by atoms with Crippen molar-refractivity contribution in [3.8, 4) is 0 Å². The second-order valence-electron chi connectivity index (χ2n) is 2.82. The topological polar surface area (TPSA) is 15.6 Å². The van der Waals surface area contributed by atoms with Gasteiger partial charge < -0.3 is 22.6 Å². The molecule has 3 heteroatoms. The van der Waals surface area contributed by atoms with E-state index in [4.69, 9.17) is 0 Å². The van der Waals surface area contributed by atoms with Gasteiger partial charge >= 0.3 is 0 Å². The summed E-state index contributed by atoms with van der Waals surface area (Å²) in [5.74, 6) is 1.04. The van der Waals surface area contributed by atoms with Crippen molar-refractivity contribution in [1.29, 1.82) is 0 Å². The third-order valence-corrected chi connectivity index (χ3v) is 2.11. The van der Waals surface area contributed by atoms with E-state index in [-0.39, 0.29) is 32.7 Å². The molecule has 0 aliphatic carbocycles. The van der Waals surface area contributed by atoms with Gasteiger partial charge in [0.05, 0.1) is 5.84 Å². The zero-order valence-corrected chi connectivity index (χ0v) is 11.5. The van der Waals surface area contributed by atoms with Gasteiger partial charge in [0.25, 0.3) is 0 Å². The Kier molecular flexibility index (Phi) is 5.74. The van der Waals surface area contributed by atoms with Crippen LogP contribution in [0.3, 0.4) is 0 Å². The van der Waals surface area contributed by atoms with Gasteiger partial charge in [-0.15, -0.1) is 13.8 Å². The normalized spacial score (nSPS) is 17.5. The molecule has 0 fully saturated rings. The van der Waals surface area contributed by atoms with Crippen molar-refractivity contribution in [2.75, 3.05) is 13.6 Å². The third kappa shape index (κ3) is 3.03. The Bertz CT molecular complexity index is 264. The molecule has 1 heterocycles. The third-order valence-electron chi connectivity index (χ3n) is 2.11. The Morgan fingerprint density at radius 3 is 2.77 bits per heavy atom. The van der Waals surface area contributed by atoms with Crippen LogP contribution in [0.5, 0.6) is 0 Å². The molecule has 1 aliphatic heterocycles. The average Bonchev–Trinajstić information content (AvgIpc) is 2.08. The van der Waals surface area contributed by atoms with Crippen LogP contribution in [0.25, 0.3) is 0 Å². The van der Waals surface area contributed by atoms with E-state index in [0.29, 0.717) is 6.54 Å². The van der Waals surface area contributed by atoms with Gasteiger partial charge in [0.2, 0.25) is 0 Å². The zero-order valence-electron chi connectivity index (χ0n) is 8.68. The fraction of sp³-hybridized carbons (Fsp3) is 0.500. The summed E-state index contributed by atoms with van der Waals surface area (Å²) in [6, 6.07) is 0. The van der Waals surface area contributed by atoms with E-state index in [1.165, 1.54) is 0 Å². The number of aliphatic imine (C=N–C) groups is 1. The molecule has 1 rings (SSSR count). The van der Waals surface area contributed by atoms with Gasteiger partial charge in [0.15, 0.2) is 0 Å². The Morgan fingerprint density at radius 1 is 1.62 bits per heavy atom. The van der Waals surface area contributed by atoms with E-state index in [2.05, 4.69) is 17.1 Å². The molecular formula is C10H14N2Y-2. The second kappa shape index (κ2) is 5.71. The molecular weight excluding hydrogens is 237 g/mol. The summed E-state index contributed by atoms with van der Waals surface area (Å²) in [5.41, 5.74) is 2.23. The SMILES string of the molecule is C[C-]=C(C)C1=[C-]CN=C(C)N1C.[Y]. The van der Waals surface area contributed by atoms with E-state index >= 15 is 0 Å². The van der Waals surface area contributed by atoms with Crippen molar-refractivity contribution in [2.24, 2.45) is 4.99 Å². The summed E-state index contributed by atoms with van der Waals surface area (Å²) in [7, 11) is 2.00. The Hall–Kier alpha value is 0.0539. The predicted molar refractivity (Wildman–Crippen MR) is 50.6 cm³/mol. The van der Waals surface area contributed by atoms with Crippen LogP contribution in [0.2, 0.25) is 0 Å². The molecule has 0 unspecified atom stereocenters. The van der Waals surface area contributed by atoms with E-state index in [0.717, 1.165) is 17.1 Å². The molecule has 1 radical (unpaired) electrons. The van der Waals surface area contributed by atoms with Crippen LogP contribution in [0.15, 0.2) is 16.3 Å². The van der Waals surface area contributed by atoms with Crippen molar-refractivity contribution in [3.05, 3.63) is 23.4 Å². The van der Waals surface area contributed by atoms with Crippen molar-refractivity contribution in [2.45, 2.75) is 20.8 Å². The van der Waals surface area contributed by atoms with Gasteiger partial charge in [-0.25, -0.2) is 0 Å². The molecule has 0 saturated carbocycles. The van der Waals surface area contributed by atoms with Crippen molar-refractivity contribution < 1.29 is 32.7 Å². The molecule has 0 spiro atoms. The summed E-state index contributed by atoms with van der Waals surface area (Å²) in [5, 5.41) is 0. The molecule has 69 valence electrons. The van der Waals surface area contributed by atoms with E-state index in [9.17, 15) is 0 Å². The van der Waals surface area contributed by atoms with E-state index in [1.807, 2.05) is 32.7 Å². The van der Waals surface area contributed by atoms with Gasteiger partial charge in [-0.05, 0) is 20.5 Å². The quantitative estimate of drug-likeness (QED) is 0.649. The molecule has 0 atom stereocenters. The van der Waals surface area contributed by atoms with Crippen LogP contribution in [-0.2, 0) is 32.7 Å². The van der Waals surface area contributed by atoms with Crippen LogP contribution < -0.4 is 0 Å². The van der Waals surface area contributed by atoms with Gasteiger partial charge in [-0.3, -0.25) is 10.7 Å². The first-order chi connectivity index (χ1) is 5.66. The monoisotopic (exact) mass is 251 g/mol. The van der Waals surface area contributed by atoms with Crippen molar-refractivity contribution >= 4 is 5.84 Å². The molecule has 0 saturated heterocycles. The maximum absolute atomic E-state index is 4.25. The molecule has 1 aliphatic rings. The summed E-state index contributed by atoms with van der Waals surface area (Å²) < 4.78 is 0. The first kappa shape index (κ1) is 13.1. The van der Waals surface area contributed by atoms with Gasteiger partial charge in [0, 0.05) is 32.7 Å². The molecule has 0 aromatic carbocycles. The molecule has 0 aromatic heterocycles. The first-order valence-corrected chi connectivity index (χ1v) is 4.04. The summed E-state index contributed by atoms with van der Waals surface area (Å²) in [6.45, 7) is 6.63. The van der Waals surface area contributed by atoms with Gasteiger partial charge in [0.1, 0.15) is 0 Å². The molecule has 13 heavy (non-hydrogen) atoms. The van der Waals surface area contributed by atoms with E-state index in [1.54, 1.807) is 0 Å². The number of hydrogen-bond donors (Lipinski definition) is 0. The van der Waals surface area contributed by atoms with Crippen LogP contribution in [0.4, 0.5) is 0 Å². The minimum absolute atomic E-state index is 0. The number of rotatable bonds is 1. The fourth-order valence-corrected chi connectivity index (χ4v) is 1.12. The number of nitrogens with zero attached hydrogens (tertiary/aromatic N) is 2. The second-order valence-corrected chi connectivity index (χ2v) is 2.82. The van der Waals surface area contributed by atoms with Crippen molar-refractivity contribution in [3.63, 3.8) is 0 Å². The standard InChI is InChI=1S/C10H14N2.Y/c1-5-8(2)10-6-7-11-9(3)12(10)4;/h7H2,1-4H3;/q-2;. The number of amidine groups is 1. The van der Waals surface area contributed by atoms with Crippen LogP contribution in [-0.4, -0.2) is 24.3 Å². The van der Waals surface area contributed by atoms with Gasteiger partial charge in [-0.2, -0.15) is 0 Å². The summed E-state index contributed by atoms with van der Waals surface area (Å²) in [4.78, 5) is 6.28. The summed E-state index contributed by atoms with van der Waals surface area (Å²) >= 11 is 0. The Balaban J connectivity index is 0.00000144. The minimum atomic E-state index is 0. The van der Waals surface area contributed by atoms with Crippen LogP contribution in [0.1, 0.15) is 20.8 Å². The van der Waals surface area contributed by atoms with Crippen LogP contribution >= 0.6 is 0 Å². The Morgan fingerprint density at radius 2 is 2.23 bits per heavy atom. The zero-order chi connectivity index (χ0) is 9.14.